The molecule has 0 radical (unpaired) electrons. The monoisotopic (exact) mass is 802 g/mol. The first-order valence-electron chi connectivity index (χ1n) is 20.6. The second-order valence-electron chi connectivity index (χ2n) is 15.7. The highest BCUT2D eigenvalue weighted by Gasteiger charge is 2.50. The minimum absolute atomic E-state index is 0.0299. The number of likely N-dealkylation sites (tertiary alicyclic amines) is 3. The number of aromatic nitrogens is 1. The first-order valence-corrected chi connectivity index (χ1v) is 20.6. The van der Waals surface area contributed by atoms with Crippen LogP contribution < -0.4 is 11.1 Å². The number of fused-ring (bicyclic) bond motifs is 2. The summed E-state index contributed by atoms with van der Waals surface area (Å²) >= 11 is 0. The standard InChI is InChI=1S/C42H54N6O10/c1-4-55-37(50)30-10-19-47(20-11-30)42(38(51)56-5-2)15-22-45(23-16-42)36(49)34(26-28-24-27(3)35-33(25-28)57-40(53)44-35)58-41(54)46-17-13-31(14-18-46)48-21-12-29-8-6-7-9-32(29)43-39(48)52/h6-9,24-25,30-31,34H,4-5,10-23,26H2,1-3H3,(H,43,52)(H,44,53)/t34-/m1/s1. The van der Waals surface area contributed by atoms with E-state index in [0.29, 0.717) is 94.5 Å². The van der Waals surface area contributed by atoms with Crippen molar-refractivity contribution in [2.24, 2.45) is 5.92 Å². The topological polar surface area (TPSA) is 184 Å². The molecular weight excluding hydrogens is 748 g/mol. The molecule has 5 heterocycles. The number of hydrogen-bond acceptors (Lipinski definition) is 11. The Bertz CT molecular complexity index is 2060. The maximum Gasteiger partial charge on any atom is 0.417 e. The molecule has 2 aromatic carbocycles. The molecule has 3 saturated heterocycles. The Balaban J connectivity index is 1.04. The molecule has 58 heavy (non-hydrogen) atoms. The minimum atomic E-state index is -1.21. The largest absolute Gasteiger partial charge is 0.466 e. The molecule has 4 aliphatic heterocycles. The van der Waals surface area contributed by atoms with Crippen LogP contribution in [0.4, 0.5) is 15.3 Å². The van der Waals surface area contributed by atoms with Crippen molar-refractivity contribution in [1.29, 1.82) is 0 Å². The number of carbonyl (C=O) groups is 5. The number of aromatic amines is 1. The summed E-state index contributed by atoms with van der Waals surface area (Å²) < 4.78 is 22.3. The second-order valence-corrected chi connectivity index (χ2v) is 15.7. The van der Waals surface area contributed by atoms with E-state index >= 15 is 0 Å². The maximum absolute atomic E-state index is 14.5. The number of ether oxygens (including phenoxy) is 3. The smallest absolute Gasteiger partial charge is 0.417 e. The van der Waals surface area contributed by atoms with Gasteiger partial charge in [0.1, 0.15) is 5.54 Å². The molecule has 2 N–H and O–H groups in total. The Kier molecular flexibility index (Phi) is 12.4. The van der Waals surface area contributed by atoms with Gasteiger partial charge in [0.05, 0.1) is 24.6 Å². The lowest BCUT2D eigenvalue weighted by Gasteiger charge is -2.49. The lowest BCUT2D eigenvalue weighted by molar-refractivity contribution is -0.167. The second kappa shape index (κ2) is 17.6. The number of oxazole rings is 1. The molecule has 0 aliphatic carbocycles. The summed E-state index contributed by atoms with van der Waals surface area (Å²) in [6.07, 6.45) is 1.76. The predicted molar refractivity (Wildman–Crippen MR) is 212 cm³/mol. The zero-order valence-electron chi connectivity index (χ0n) is 33.6. The molecule has 0 unspecified atom stereocenters. The van der Waals surface area contributed by atoms with E-state index in [0.717, 1.165) is 23.2 Å². The van der Waals surface area contributed by atoms with Gasteiger partial charge in [-0.3, -0.25) is 24.3 Å². The van der Waals surface area contributed by atoms with Gasteiger partial charge in [-0.15, -0.1) is 0 Å². The van der Waals surface area contributed by atoms with Crippen molar-refractivity contribution in [2.45, 2.75) is 89.8 Å². The molecule has 1 atom stereocenters. The van der Waals surface area contributed by atoms with Crippen LogP contribution in [0.3, 0.4) is 0 Å². The number of para-hydroxylation sites is 1. The molecule has 3 fully saturated rings. The van der Waals surface area contributed by atoms with Crippen LogP contribution in [0.2, 0.25) is 0 Å². The molecule has 3 aromatic rings. The van der Waals surface area contributed by atoms with Gasteiger partial charge in [-0.05, 0) is 94.5 Å². The van der Waals surface area contributed by atoms with Crippen LogP contribution in [0.5, 0.6) is 0 Å². The summed E-state index contributed by atoms with van der Waals surface area (Å²) in [5, 5.41) is 3.03. The third kappa shape index (κ3) is 8.57. The highest BCUT2D eigenvalue weighted by atomic mass is 16.6. The minimum Gasteiger partial charge on any atom is -0.466 e. The van der Waals surface area contributed by atoms with Crippen LogP contribution in [-0.4, -0.2) is 131 Å². The number of aryl methyl sites for hydroxylation is 1. The zero-order valence-corrected chi connectivity index (χ0v) is 33.6. The molecule has 7 rings (SSSR count). The number of benzene rings is 2. The first-order chi connectivity index (χ1) is 28.0. The van der Waals surface area contributed by atoms with E-state index < -0.39 is 29.4 Å². The summed E-state index contributed by atoms with van der Waals surface area (Å²) in [5.74, 6) is -1.78. The molecule has 0 spiro atoms. The van der Waals surface area contributed by atoms with E-state index in [1.54, 1.807) is 29.7 Å². The van der Waals surface area contributed by atoms with E-state index in [1.165, 1.54) is 0 Å². The van der Waals surface area contributed by atoms with Crippen LogP contribution in [0.25, 0.3) is 11.1 Å². The third-order valence-corrected chi connectivity index (χ3v) is 12.3. The number of anilines is 1. The summed E-state index contributed by atoms with van der Waals surface area (Å²) in [4.78, 5) is 89.5. The fourth-order valence-corrected chi connectivity index (χ4v) is 9.12. The van der Waals surface area contributed by atoms with Crippen LogP contribution in [0, 0.1) is 12.8 Å². The number of urea groups is 1. The lowest BCUT2D eigenvalue weighted by atomic mass is 9.82. The fraction of sp³-hybridized carbons (Fsp3) is 0.571. The van der Waals surface area contributed by atoms with Crippen LogP contribution in [-0.2, 0) is 41.4 Å². The van der Waals surface area contributed by atoms with Crippen molar-refractivity contribution in [3.63, 3.8) is 0 Å². The van der Waals surface area contributed by atoms with E-state index in [2.05, 4.69) is 15.2 Å². The van der Waals surface area contributed by atoms with E-state index in [9.17, 15) is 28.8 Å². The molecule has 16 heteroatoms. The normalized spacial score (nSPS) is 19.8. The molecule has 0 saturated carbocycles. The molecule has 1 aromatic heterocycles. The number of esters is 2. The number of nitrogens with zero attached hydrogens (tertiary/aromatic N) is 4. The molecule has 312 valence electrons. The van der Waals surface area contributed by atoms with Gasteiger partial charge in [0.2, 0.25) is 0 Å². The molecular formula is C42H54N6O10. The Morgan fingerprint density at radius 1 is 0.879 bits per heavy atom. The predicted octanol–water partition coefficient (Wildman–Crippen LogP) is 4.23. The molecule has 4 amide bonds. The summed E-state index contributed by atoms with van der Waals surface area (Å²) in [6, 6.07) is 11.1. The quantitative estimate of drug-likeness (QED) is 0.221. The molecule has 16 nitrogen and oxygen atoms in total. The van der Waals surface area contributed by atoms with Crippen LogP contribution in [0.1, 0.15) is 69.1 Å². The number of nitrogens with one attached hydrogen (secondary N) is 2. The third-order valence-electron chi connectivity index (χ3n) is 12.3. The molecule has 4 aliphatic rings. The van der Waals surface area contributed by atoms with Gasteiger partial charge in [0.15, 0.2) is 11.7 Å². The van der Waals surface area contributed by atoms with Gasteiger partial charge in [0, 0.05) is 64.0 Å². The Morgan fingerprint density at radius 3 is 2.29 bits per heavy atom. The molecule has 0 bridgehead atoms. The van der Waals surface area contributed by atoms with E-state index in [-0.39, 0.29) is 56.0 Å². The van der Waals surface area contributed by atoms with Gasteiger partial charge < -0.3 is 38.6 Å². The lowest BCUT2D eigenvalue weighted by Crippen LogP contribution is -2.63. The number of piperidine rings is 3. The fourth-order valence-electron chi connectivity index (χ4n) is 9.12. The zero-order chi connectivity index (χ0) is 41.0. The van der Waals surface area contributed by atoms with E-state index in [1.807, 2.05) is 42.2 Å². The Labute approximate surface area is 337 Å². The van der Waals surface area contributed by atoms with Crippen molar-refractivity contribution in [2.75, 3.05) is 64.3 Å². The summed E-state index contributed by atoms with van der Waals surface area (Å²) in [5.41, 5.74) is 3.20. The van der Waals surface area contributed by atoms with Crippen LogP contribution >= 0.6 is 0 Å². The van der Waals surface area contributed by atoms with Crippen molar-refractivity contribution >= 4 is 46.8 Å². The summed E-state index contributed by atoms with van der Waals surface area (Å²) in [7, 11) is 0. The first kappa shape index (κ1) is 40.8. The van der Waals surface area contributed by atoms with Crippen molar-refractivity contribution < 1.29 is 42.6 Å². The van der Waals surface area contributed by atoms with Gasteiger partial charge in [-0.25, -0.2) is 14.4 Å². The van der Waals surface area contributed by atoms with Crippen LogP contribution in [0.15, 0.2) is 45.6 Å². The van der Waals surface area contributed by atoms with E-state index in [4.69, 9.17) is 18.6 Å². The number of carbonyl (C=O) groups excluding carboxylic acids is 5. The van der Waals surface area contributed by atoms with Gasteiger partial charge in [-0.1, -0.05) is 24.3 Å². The van der Waals surface area contributed by atoms with Crippen molar-refractivity contribution in [3.8, 4) is 0 Å². The Morgan fingerprint density at radius 2 is 1.59 bits per heavy atom. The number of hydrogen-bond donors (Lipinski definition) is 2. The number of amides is 4. The van der Waals surface area contributed by atoms with Crippen molar-refractivity contribution in [1.82, 2.24) is 24.6 Å². The average Bonchev–Trinajstić information content (AvgIpc) is 3.53. The SMILES string of the molecule is CCOC(=O)C1CCN(C2(C(=O)OCC)CCN(C(=O)[C@@H](Cc3cc(C)c4[nH]c(=O)oc4c3)OC(=O)N3CCC(N4CCc5ccccc5NC4=O)CC3)CC2)CC1. The highest BCUT2D eigenvalue weighted by molar-refractivity contribution is 5.91. The average molecular weight is 803 g/mol. The highest BCUT2D eigenvalue weighted by Crippen LogP contribution is 2.35. The number of H-pyrrole nitrogens is 1. The Hall–Kier alpha value is -5.38. The van der Waals surface area contributed by atoms with Gasteiger partial charge >= 0.3 is 29.8 Å². The summed E-state index contributed by atoms with van der Waals surface area (Å²) in [6.45, 7) is 8.63. The van der Waals surface area contributed by atoms with Gasteiger partial charge in [0.25, 0.3) is 5.91 Å². The number of rotatable bonds is 10. The van der Waals surface area contributed by atoms with Gasteiger partial charge in [-0.2, -0.15) is 0 Å². The van der Waals surface area contributed by atoms with Crippen molar-refractivity contribution in [3.05, 3.63) is 63.6 Å². The maximum atomic E-state index is 14.5.